The Labute approximate surface area is 158 Å². The third kappa shape index (κ3) is 5.11. The van der Waals surface area contributed by atoms with Crippen LogP contribution in [0.5, 0.6) is 5.75 Å². The maximum Gasteiger partial charge on any atom is 0.277 e. The number of halogens is 2. The van der Waals surface area contributed by atoms with E-state index >= 15 is 0 Å². The van der Waals surface area contributed by atoms with Crippen molar-refractivity contribution < 1.29 is 14.5 Å². The van der Waals surface area contributed by atoms with Crippen molar-refractivity contribution in [3.63, 3.8) is 0 Å². The van der Waals surface area contributed by atoms with E-state index in [-0.39, 0.29) is 12.3 Å². The number of nitrogens with one attached hydrogen (secondary N) is 1. The second kappa shape index (κ2) is 8.36. The number of hydrogen-bond acceptors (Lipinski definition) is 6. The van der Waals surface area contributed by atoms with Crippen molar-refractivity contribution in [1.29, 1.82) is 0 Å². The third-order valence-corrected chi connectivity index (χ3v) is 5.12. The van der Waals surface area contributed by atoms with Crippen LogP contribution < -0.4 is 10.2 Å². The second-order valence-electron chi connectivity index (χ2n) is 4.50. The number of rotatable bonds is 6. The summed E-state index contributed by atoms with van der Waals surface area (Å²) in [4.78, 5) is 22.9. The van der Waals surface area contributed by atoms with E-state index in [2.05, 4.69) is 42.4 Å². The summed E-state index contributed by atoms with van der Waals surface area (Å²) in [6.45, 7) is 1.52. The molecule has 0 saturated carbocycles. The molecule has 1 amide bonds. The molecule has 24 heavy (non-hydrogen) atoms. The second-order valence-corrected chi connectivity index (χ2v) is 7.81. The number of carbonyl (C=O) groups excluding carboxylic acids is 1. The maximum atomic E-state index is 11.8. The van der Waals surface area contributed by atoms with E-state index < -0.39 is 10.8 Å². The molecular formula is C14H11Br2N3O4S. The van der Waals surface area contributed by atoms with Crippen LogP contribution in [0.2, 0.25) is 0 Å². The molecule has 2 aromatic rings. The molecule has 0 aliphatic carbocycles. The van der Waals surface area contributed by atoms with Crippen molar-refractivity contribution >= 4 is 60.5 Å². The van der Waals surface area contributed by atoms with E-state index in [0.29, 0.717) is 15.9 Å². The molecule has 2 rings (SSSR count). The van der Waals surface area contributed by atoms with Gasteiger partial charge in [0.1, 0.15) is 5.75 Å². The lowest BCUT2D eigenvalue weighted by atomic mass is 10.3. The van der Waals surface area contributed by atoms with E-state index in [9.17, 15) is 14.9 Å². The van der Waals surface area contributed by atoms with Crippen LogP contribution in [0.1, 0.15) is 11.8 Å². The lowest BCUT2D eigenvalue weighted by Crippen LogP contribution is -2.25. The molecule has 0 spiro atoms. The molecule has 1 heterocycles. The predicted octanol–water partition coefficient (Wildman–Crippen LogP) is 4.10. The summed E-state index contributed by atoms with van der Waals surface area (Å²) in [5, 5.41) is 14.7. The molecule has 0 unspecified atom stereocenters. The highest BCUT2D eigenvalue weighted by Crippen LogP contribution is 2.29. The Hall–Kier alpha value is -1.78. The predicted molar refractivity (Wildman–Crippen MR) is 98.7 cm³/mol. The number of non-ortho nitro benzene ring substituents is 1. The van der Waals surface area contributed by atoms with Gasteiger partial charge in [0.15, 0.2) is 6.61 Å². The summed E-state index contributed by atoms with van der Waals surface area (Å²) in [5.74, 6) is -0.103. The number of thiophene rings is 1. The highest BCUT2D eigenvalue weighted by molar-refractivity contribution is 9.11. The van der Waals surface area contributed by atoms with Crippen LogP contribution in [0, 0.1) is 10.1 Å². The highest BCUT2D eigenvalue weighted by atomic mass is 79.9. The fourth-order valence-corrected chi connectivity index (χ4v) is 3.42. The van der Waals surface area contributed by atoms with E-state index in [1.807, 2.05) is 12.1 Å². The average Bonchev–Trinajstić information content (AvgIpc) is 2.97. The molecule has 1 N–H and O–H groups in total. The molecular weight excluding hydrogens is 466 g/mol. The standard InChI is InChI=1S/C14H11Br2N3O4S/c1-8(12-4-5-13(16)24-12)17-18-14(20)7-23-11-3-2-9(19(21)22)6-10(11)15/h2-6H,7H2,1H3,(H,18,20). The molecule has 1 aromatic heterocycles. The molecule has 126 valence electrons. The van der Waals surface area contributed by atoms with Gasteiger partial charge in [-0.05, 0) is 57.0 Å². The normalized spacial score (nSPS) is 11.2. The first-order valence-corrected chi connectivity index (χ1v) is 8.92. The van der Waals surface area contributed by atoms with Crippen molar-refractivity contribution in [3.05, 3.63) is 53.6 Å². The number of carbonyl (C=O) groups is 1. The minimum Gasteiger partial charge on any atom is -0.483 e. The highest BCUT2D eigenvalue weighted by Gasteiger charge is 2.11. The van der Waals surface area contributed by atoms with E-state index in [1.54, 1.807) is 6.92 Å². The third-order valence-electron chi connectivity index (χ3n) is 2.76. The number of nitro benzene ring substituents is 1. The molecule has 0 radical (unpaired) electrons. The number of nitrogens with zero attached hydrogens (tertiary/aromatic N) is 2. The minimum atomic E-state index is -0.512. The SMILES string of the molecule is CC(=NNC(=O)COc1ccc([N+](=O)[O-])cc1Br)c1ccc(Br)s1. The molecule has 0 atom stereocenters. The molecule has 7 nitrogen and oxygen atoms in total. The fourth-order valence-electron chi connectivity index (χ4n) is 1.61. The zero-order chi connectivity index (χ0) is 17.7. The number of benzene rings is 1. The minimum absolute atomic E-state index is 0.0685. The van der Waals surface area contributed by atoms with E-state index in [1.165, 1.54) is 29.5 Å². The number of ether oxygens (including phenoxy) is 1. The number of nitro groups is 1. The van der Waals surface area contributed by atoms with Crippen LogP contribution in [0.15, 0.2) is 43.7 Å². The Morgan fingerprint density at radius 2 is 2.12 bits per heavy atom. The van der Waals surface area contributed by atoms with Gasteiger partial charge >= 0.3 is 0 Å². The number of amides is 1. The van der Waals surface area contributed by atoms with Gasteiger partial charge in [-0.25, -0.2) is 5.43 Å². The van der Waals surface area contributed by atoms with Gasteiger partial charge in [-0.2, -0.15) is 5.10 Å². The Kier molecular flexibility index (Phi) is 6.46. The summed E-state index contributed by atoms with van der Waals surface area (Å²) in [6.07, 6.45) is 0. The van der Waals surface area contributed by atoms with Crippen LogP contribution in [-0.2, 0) is 4.79 Å². The Morgan fingerprint density at radius 1 is 1.38 bits per heavy atom. The van der Waals surface area contributed by atoms with Crippen LogP contribution in [0.4, 0.5) is 5.69 Å². The van der Waals surface area contributed by atoms with E-state index in [4.69, 9.17) is 4.74 Å². The molecule has 0 fully saturated rings. The van der Waals surface area contributed by atoms with Gasteiger partial charge < -0.3 is 4.74 Å². The maximum absolute atomic E-state index is 11.8. The van der Waals surface area contributed by atoms with Crippen molar-refractivity contribution in [3.8, 4) is 5.75 Å². The van der Waals surface area contributed by atoms with Gasteiger partial charge in [-0.3, -0.25) is 14.9 Å². The average molecular weight is 477 g/mol. The summed E-state index contributed by atoms with van der Waals surface area (Å²) < 4.78 is 6.69. The monoisotopic (exact) mass is 475 g/mol. The molecule has 0 aliphatic rings. The molecule has 1 aromatic carbocycles. The zero-order valence-electron chi connectivity index (χ0n) is 12.3. The first-order chi connectivity index (χ1) is 11.4. The van der Waals surface area contributed by atoms with Crippen molar-refractivity contribution in [2.45, 2.75) is 6.92 Å². The summed E-state index contributed by atoms with van der Waals surface area (Å²) in [7, 11) is 0. The summed E-state index contributed by atoms with van der Waals surface area (Å²) in [5.41, 5.74) is 3.01. The van der Waals surface area contributed by atoms with Crippen LogP contribution in [0.25, 0.3) is 0 Å². The Bertz CT molecular complexity index is 807. The fraction of sp³-hybridized carbons (Fsp3) is 0.143. The molecule has 0 aliphatic heterocycles. The smallest absolute Gasteiger partial charge is 0.277 e. The van der Waals surface area contributed by atoms with Gasteiger partial charge in [0.2, 0.25) is 0 Å². The summed E-state index contributed by atoms with van der Waals surface area (Å²) >= 11 is 8.04. The van der Waals surface area contributed by atoms with E-state index in [0.717, 1.165) is 8.66 Å². The quantitative estimate of drug-likeness (QED) is 0.385. The topological polar surface area (TPSA) is 93.8 Å². The van der Waals surface area contributed by atoms with Gasteiger partial charge in [0, 0.05) is 12.1 Å². The van der Waals surface area contributed by atoms with Gasteiger partial charge in [-0.15, -0.1) is 11.3 Å². The van der Waals surface area contributed by atoms with Crippen LogP contribution >= 0.6 is 43.2 Å². The Morgan fingerprint density at radius 3 is 2.71 bits per heavy atom. The lowest BCUT2D eigenvalue weighted by molar-refractivity contribution is -0.384. The Balaban J connectivity index is 1.90. The molecule has 0 bridgehead atoms. The largest absolute Gasteiger partial charge is 0.483 e. The van der Waals surface area contributed by atoms with Gasteiger partial charge in [-0.1, -0.05) is 0 Å². The van der Waals surface area contributed by atoms with Crippen molar-refractivity contribution in [2.24, 2.45) is 5.10 Å². The number of hydrazone groups is 1. The lowest BCUT2D eigenvalue weighted by Gasteiger charge is -2.07. The van der Waals surface area contributed by atoms with Gasteiger partial charge in [0.05, 0.1) is 23.8 Å². The van der Waals surface area contributed by atoms with Crippen LogP contribution in [0.3, 0.4) is 0 Å². The first kappa shape index (κ1) is 18.6. The van der Waals surface area contributed by atoms with Crippen molar-refractivity contribution in [2.75, 3.05) is 6.61 Å². The summed E-state index contributed by atoms with van der Waals surface area (Å²) in [6, 6.07) is 7.83. The van der Waals surface area contributed by atoms with Gasteiger partial charge in [0.25, 0.3) is 11.6 Å². The van der Waals surface area contributed by atoms with Crippen molar-refractivity contribution in [1.82, 2.24) is 5.43 Å². The zero-order valence-corrected chi connectivity index (χ0v) is 16.3. The number of hydrogen-bond donors (Lipinski definition) is 1. The van der Waals surface area contributed by atoms with Crippen LogP contribution in [-0.4, -0.2) is 23.1 Å². The molecule has 0 saturated heterocycles. The molecule has 10 heteroatoms. The first-order valence-electron chi connectivity index (χ1n) is 6.52.